The second-order valence-corrected chi connectivity index (χ2v) is 55.4. The summed E-state index contributed by atoms with van der Waals surface area (Å²) in [4.78, 5) is 0. The number of hydrogen-bond acceptors (Lipinski definition) is 6. The fraction of sp³-hybridized carbons (Fsp3) is 0.280. The number of aryl methyl sites for hydroxylation is 6. The number of methoxy groups -OCH3 is 4. The molecule has 0 saturated carbocycles. The molecule has 4 aromatic carbocycles. The van der Waals surface area contributed by atoms with Gasteiger partial charge in [-0.1, -0.05) is 0 Å². The molecule has 0 amide bonds. The third kappa shape index (κ3) is 6.68. The monoisotopic (exact) mass is 936 g/mol. The zero-order valence-corrected chi connectivity index (χ0v) is 41.4. The summed E-state index contributed by atoms with van der Waals surface area (Å²) in [6.45, 7) is 17.2. The number of benzene rings is 4. The van der Waals surface area contributed by atoms with Gasteiger partial charge in [0, 0.05) is 0 Å². The van der Waals surface area contributed by atoms with E-state index in [2.05, 4.69) is 114 Å². The van der Waals surface area contributed by atoms with Crippen molar-refractivity contribution in [1.82, 2.24) is 0 Å². The molecule has 8 rings (SSSR count). The van der Waals surface area contributed by atoms with Crippen molar-refractivity contribution in [2.24, 2.45) is 0 Å². The van der Waals surface area contributed by atoms with Crippen molar-refractivity contribution in [3.05, 3.63) is 140 Å². The number of rotatable bonds is 10. The van der Waals surface area contributed by atoms with Crippen LogP contribution in [0.1, 0.15) is 74.8 Å². The number of furan rings is 2. The Kier molecular flexibility index (Phi) is 11.1. The Labute approximate surface area is 361 Å². The van der Waals surface area contributed by atoms with E-state index in [1.165, 1.54) is 0 Å². The number of hydrogen-bond donors (Lipinski definition) is 0. The van der Waals surface area contributed by atoms with Gasteiger partial charge in [-0.25, -0.2) is 0 Å². The van der Waals surface area contributed by atoms with Crippen LogP contribution in [-0.4, -0.2) is 33.9 Å². The van der Waals surface area contributed by atoms with Crippen LogP contribution in [0.2, 0.25) is 13.1 Å². The second-order valence-electron chi connectivity index (χ2n) is 16.6. The van der Waals surface area contributed by atoms with Gasteiger partial charge in [0.15, 0.2) is 0 Å². The molecule has 2 unspecified atom stereocenters. The number of ether oxygens (including phenoxy) is 4. The minimum atomic E-state index is -5.55. The van der Waals surface area contributed by atoms with Gasteiger partial charge in [-0.2, -0.15) is 0 Å². The molecule has 6 nitrogen and oxygen atoms in total. The van der Waals surface area contributed by atoms with Crippen LogP contribution in [0, 0.1) is 41.5 Å². The number of halogens is 2. The molecule has 2 atom stereocenters. The average molecular weight is 939 g/mol. The Hall–Kier alpha value is -4.20. The SMILES string of the molecule is COc1cc(OC)cc(-c2c(C)ccc3c2C=C(c2cc(C)c(C)o2)[CH]3[Zr]([Cl])([Cl])([CH]2C(c3cc(C)c(C)o3)=Cc3c2ccc(C)c3-c2cc(OC)cc(OC)c2)=[Si](C)C)c1. The van der Waals surface area contributed by atoms with Crippen molar-refractivity contribution in [2.75, 3.05) is 28.4 Å². The summed E-state index contributed by atoms with van der Waals surface area (Å²) in [6, 6.07) is 25.3. The molecular formula is C50H52Cl2O6SiZr. The maximum absolute atomic E-state index is 9.02. The first kappa shape index (κ1) is 42.5. The second kappa shape index (κ2) is 15.6. The average Bonchev–Trinajstić information content (AvgIpc) is 4.00. The van der Waals surface area contributed by atoms with E-state index in [0.29, 0.717) is 23.0 Å². The van der Waals surface area contributed by atoms with Crippen LogP contribution in [-0.2, 0) is 15.0 Å². The Morgan fingerprint density at radius 3 is 1.13 bits per heavy atom. The topological polar surface area (TPSA) is 63.2 Å². The van der Waals surface area contributed by atoms with Gasteiger partial charge in [-0.15, -0.1) is 0 Å². The molecule has 0 saturated heterocycles. The molecule has 0 spiro atoms. The van der Waals surface area contributed by atoms with Crippen LogP contribution in [0.15, 0.2) is 81.6 Å². The normalized spacial score (nSPS) is 16.0. The summed E-state index contributed by atoms with van der Waals surface area (Å²) in [5, 5.41) is 0. The molecule has 2 aliphatic rings. The van der Waals surface area contributed by atoms with Gasteiger partial charge < -0.3 is 0 Å². The number of allylic oxidation sites excluding steroid dienone is 2. The van der Waals surface area contributed by atoms with Crippen molar-refractivity contribution in [3.8, 4) is 45.3 Å². The molecular weight excluding hydrogens is 887 g/mol. The van der Waals surface area contributed by atoms with Crippen molar-refractivity contribution in [2.45, 2.75) is 61.9 Å². The van der Waals surface area contributed by atoms with Gasteiger partial charge in [-0.05, 0) is 0 Å². The van der Waals surface area contributed by atoms with E-state index in [0.717, 1.165) is 101 Å². The van der Waals surface area contributed by atoms with E-state index >= 15 is 0 Å². The predicted molar refractivity (Wildman–Crippen MR) is 246 cm³/mol. The van der Waals surface area contributed by atoms with E-state index < -0.39 is 20.4 Å². The van der Waals surface area contributed by atoms with Crippen molar-refractivity contribution in [1.29, 1.82) is 0 Å². The van der Waals surface area contributed by atoms with Gasteiger partial charge in [0.1, 0.15) is 0 Å². The molecule has 2 heterocycles. The molecule has 0 radical (unpaired) electrons. The molecule has 310 valence electrons. The Bertz CT molecular complexity index is 2620. The van der Waals surface area contributed by atoms with E-state index in [4.69, 9.17) is 44.8 Å². The Balaban J connectivity index is 1.47. The molecule has 0 bridgehead atoms. The van der Waals surface area contributed by atoms with Gasteiger partial charge in [0.25, 0.3) is 0 Å². The summed E-state index contributed by atoms with van der Waals surface area (Å²) in [6.07, 6.45) is 4.61. The van der Waals surface area contributed by atoms with E-state index in [9.17, 15) is 0 Å². The quantitative estimate of drug-likeness (QED) is 0.128. The first-order valence-corrected chi connectivity index (χ1v) is 35.6. The molecule has 6 aromatic rings. The van der Waals surface area contributed by atoms with Gasteiger partial charge >= 0.3 is 364 Å². The third-order valence-electron chi connectivity index (χ3n) is 13.0. The minimum absolute atomic E-state index is 0.330. The summed E-state index contributed by atoms with van der Waals surface area (Å²) in [7, 11) is 24.8. The molecule has 2 aromatic heterocycles. The van der Waals surface area contributed by atoms with Crippen LogP contribution >= 0.6 is 17.0 Å². The van der Waals surface area contributed by atoms with Crippen LogP contribution < -0.4 is 18.9 Å². The Morgan fingerprint density at radius 2 is 0.850 bits per heavy atom. The summed E-state index contributed by atoms with van der Waals surface area (Å²) >= 11 is -5.55. The number of fused-ring (bicyclic) bond motifs is 2. The fourth-order valence-corrected chi connectivity index (χ4v) is 37.2. The van der Waals surface area contributed by atoms with E-state index in [-0.39, 0.29) is 7.25 Å². The van der Waals surface area contributed by atoms with Crippen LogP contribution in [0.5, 0.6) is 23.0 Å². The van der Waals surface area contributed by atoms with Gasteiger partial charge in [0.2, 0.25) is 0 Å². The first-order valence-electron chi connectivity index (χ1n) is 20.2. The third-order valence-corrected chi connectivity index (χ3v) is 59.3. The van der Waals surface area contributed by atoms with E-state index in [1.807, 2.05) is 26.0 Å². The maximum atomic E-state index is 9.02. The summed E-state index contributed by atoms with van der Waals surface area (Å²) in [5.41, 5.74) is 13.5. The molecule has 60 heavy (non-hydrogen) atoms. The fourth-order valence-electron chi connectivity index (χ4n) is 9.53. The predicted octanol–water partition coefficient (Wildman–Crippen LogP) is 14.2. The first-order chi connectivity index (χ1) is 28.5. The van der Waals surface area contributed by atoms with Crippen molar-refractivity contribution < 1.29 is 42.8 Å². The molecule has 0 fully saturated rings. The Morgan fingerprint density at radius 1 is 0.500 bits per heavy atom. The molecule has 0 aliphatic heterocycles. The molecule has 2 aliphatic carbocycles. The van der Waals surface area contributed by atoms with Crippen LogP contribution in [0.3, 0.4) is 0 Å². The zero-order chi connectivity index (χ0) is 43.0. The van der Waals surface area contributed by atoms with Crippen LogP contribution in [0.25, 0.3) is 45.6 Å². The molecule has 10 heteroatoms. The van der Waals surface area contributed by atoms with Crippen molar-refractivity contribution in [3.63, 3.8) is 0 Å². The van der Waals surface area contributed by atoms with Gasteiger partial charge in [-0.3, -0.25) is 0 Å². The summed E-state index contributed by atoms with van der Waals surface area (Å²) in [5.74, 6) is 6.19. The van der Waals surface area contributed by atoms with Crippen LogP contribution in [0.4, 0.5) is 0 Å². The van der Waals surface area contributed by atoms with Gasteiger partial charge in [0.05, 0.1) is 0 Å². The van der Waals surface area contributed by atoms with E-state index in [1.54, 1.807) is 28.4 Å². The van der Waals surface area contributed by atoms with Crippen molar-refractivity contribution >= 4 is 45.8 Å². The zero-order valence-electron chi connectivity index (χ0n) is 36.4. The molecule has 0 N–H and O–H groups in total. The standard InChI is InChI=1S/2C24H23O3.C2H6Si.2ClH.Zr/c2*1-14-6-7-17-9-18(23-8-15(2)16(3)27-23)12-22(17)24(14)19-10-20(25-4)13-21(11-19)26-5;1-3-2;;;/h2*6-13H,1-5H3;1-2H3;2*1H;/q;;;;;+2/p-2. The summed E-state index contributed by atoms with van der Waals surface area (Å²) < 4.78 is 35.8.